The van der Waals surface area contributed by atoms with Crippen LogP contribution in [0.2, 0.25) is 0 Å². The van der Waals surface area contributed by atoms with Gasteiger partial charge in [-0.1, -0.05) is 30.4 Å². The van der Waals surface area contributed by atoms with Crippen LogP contribution in [0.4, 0.5) is 17.6 Å². The maximum Gasteiger partial charge on any atom is 0.200 e. The molecular formula is C21H22F4O. The van der Waals surface area contributed by atoms with Crippen LogP contribution in [0.5, 0.6) is 5.75 Å². The van der Waals surface area contributed by atoms with Crippen LogP contribution in [0.3, 0.4) is 0 Å². The Hall–Kier alpha value is -2.30. The van der Waals surface area contributed by atoms with Crippen LogP contribution in [0.15, 0.2) is 42.5 Å². The fraction of sp³-hybridized carbons (Fsp3) is 0.333. The predicted octanol–water partition coefficient (Wildman–Crippen LogP) is 5.75. The summed E-state index contributed by atoms with van der Waals surface area (Å²) in [5.74, 6) is -2.45. The van der Waals surface area contributed by atoms with E-state index in [1.165, 1.54) is 24.3 Å². The minimum absolute atomic E-state index is 0.119. The highest BCUT2D eigenvalue weighted by atomic mass is 19.2. The molecule has 0 amide bonds. The van der Waals surface area contributed by atoms with Gasteiger partial charge in [0.05, 0.1) is 6.61 Å². The zero-order chi connectivity index (χ0) is 18.9. The first-order chi connectivity index (χ1) is 12.6. The Bertz CT molecular complexity index is 756. The summed E-state index contributed by atoms with van der Waals surface area (Å²) in [7, 11) is 0. The molecule has 1 nitrogen and oxygen atoms in total. The summed E-state index contributed by atoms with van der Waals surface area (Å²) in [4.78, 5) is 0. The molecule has 0 aromatic heterocycles. The van der Waals surface area contributed by atoms with Gasteiger partial charge in [0.2, 0.25) is 5.82 Å². The van der Waals surface area contributed by atoms with Crippen LogP contribution in [0.1, 0.15) is 30.0 Å². The Morgan fingerprint density at radius 1 is 0.885 bits per heavy atom. The van der Waals surface area contributed by atoms with Crippen molar-refractivity contribution in [3.63, 3.8) is 0 Å². The summed E-state index contributed by atoms with van der Waals surface area (Å²) in [6, 6.07) is 7.76. The van der Waals surface area contributed by atoms with Crippen LogP contribution in [0.25, 0.3) is 0 Å². The average Bonchev–Trinajstić information content (AvgIpc) is 2.63. The van der Waals surface area contributed by atoms with E-state index in [0.717, 1.165) is 5.56 Å². The van der Waals surface area contributed by atoms with Crippen LogP contribution in [-0.4, -0.2) is 13.3 Å². The van der Waals surface area contributed by atoms with Crippen LogP contribution >= 0.6 is 0 Å². The highest BCUT2D eigenvalue weighted by Crippen LogP contribution is 2.24. The van der Waals surface area contributed by atoms with E-state index < -0.39 is 18.3 Å². The van der Waals surface area contributed by atoms with Crippen molar-refractivity contribution in [2.75, 3.05) is 13.3 Å². The lowest BCUT2D eigenvalue weighted by molar-refractivity contribution is 0.313. The Morgan fingerprint density at radius 2 is 1.62 bits per heavy atom. The zero-order valence-electron chi connectivity index (χ0n) is 14.7. The van der Waals surface area contributed by atoms with E-state index in [1.807, 2.05) is 0 Å². The minimum atomic E-state index is -1.01. The van der Waals surface area contributed by atoms with Gasteiger partial charge in [0.1, 0.15) is 12.5 Å². The molecule has 2 aromatic rings. The van der Waals surface area contributed by atoms with Gasteiger partial charge >= 0.3 is 0 Å². The molecule has 0 fully saturated rings. The maximum absolute atomic E-state index is 14.2. The number of benzene rings is 2. The van der Waals surface area contributed by atoms with Crippen molar-refractivity contribution in [1.82, 2.24) is 0 Å². The quantitative estimate of drug-likeness (QED) is 0.406. The van der Waals surface area contributed by atoms with Crippen molar-refractivity contribution in [2.45, 2.75) is 32.6 Å². The first-order valence-electron chi connectivity index (χ1n) is 8.64. The summed E-state index contributed by atoms with van der Waals surface area (Å²) in [5, 5.41) is 0. The van der Waals surface area contributed by atoms with Gasteiger partial charge < -0.3 is 4.74 Å². The summed E-state index contributed by atoms with van der Waals surface area (Å²) >= 11 is 0. The lowest BCUT2D eigenvalue weighted by Crippen LogP contribution is -2.03. The van der Waals surface area contributed by atoms with E-state index in [0.29, 0.717) is 18.4 Å². The van der Waals surface area contributed by atoms with Gasteiger partial charge in [-0.2, -0.15) is 4.39 Å². The number of hydrogen-bond acceptors (Lipinski definition) is 1. The van der Waals surface area contributed by atoms with E-state index in [1.54, 1.807) is 25.1 Å². The molecule has 5 heteroatoms. The lowest BCUT2D eigenvalue weighted by Gasteiger charge is -2.10. The molecule has 0 heterocycles. The number of halogens is 4. The largest absolute Gasteiger partial charge is 0.491 e. The van der Waals surface area contributed by atoms with Gasteiger partial charge in [-0.25, -0.2) is 13.2 Å². The molecule has 0 unspecified atom stereocenters. The smallest absolute Gasteiger partial charge is 0.200 e. The van der Waals surface area contributed by atoms with Crippen molar-refractivity contribution in [1.29, 1.82) is 0 Å². The van der Waals surface area contributed by atoms with Crippen molar-refractivity contribution in [3.8, 4) is 5.75 Å². The van der Waals surface area contributed by atoms with Crippen molar-refractivity contribution >= 4 is 0 Å². The van der Waals surface area contributed by atoms with Crippen LogP contribution < -0.4 is 4.74 Å². The molecule has 0 aliphatic carbocycles. The second-order valence-corrected chi connectivity index (χ2v) is 5.87. The number of rotatable bonds is 9. The summed E-state index contributed by atoms with van der Waals surface area (Å²) in [5.41, 5.74) is 1.44. The molecular weight excluding hydrogens is 344 g/mol. The number of alkyl halides is 1. The van der Waals surface area contributed by atoms with Gasteiger partial charge in [0.25, 0.3) is 0 Å². The van der Waals surface area contributed by atoms with E-state index >= 15 is 0 Å². The van der Waals surface area contributed by atoms with Crippen LogP contribution in [0, 0.1) is 17.5 Å². The Balaban J connectivity index is 2.01. The van der Waals surface area contributed by atoms with Gasteiger partial charge in [0.15, 0.2) is 11.6 Å². The normalized spacial score (nSPS) is 11.3. The van der Waals surface area contributed by atoms with E-state index in [2.05, 4.69) is 0 Å². The average molecular weight is 366 g/mol. The fourth-order valence-corrected chi connectivity index (χ4v) is 2.68. The highest BCUT2D eigenvalue weighted by molar-refractivity contribution is 5.32. The van der Waals surface area contributed by atoms with Gasteiger partial charge in [-0.05, 0) is 61.4 Å². The van der Waals surface area contributed by atoms with Crippen molar-refractivity contribution in [3.05, 3.63) is 76.6 Å². The number of ether oxygens (including phenoxy) is 1. The first-order valence-corrected chi connectivity index (χ1v) is 8.64. The van der Waals surface area contributed by atoms with Crippen molar-refractivity contribution in [2.24, 2.45) is 0 Å². The van der Waals surface area contributed by atoms with Gasteiger partial charge in [-0.3, -0.25) is 0 Å². The van der Waals surface area contributed by atoms with Crippen molar-refractivity contribution < 1.29 is 22.3 Å². The first kappa shape index (κ1) is 20.0. The number of hydrogen-bond donors (Lipinski definition) is 0. The Kier molecular flexibility index (Phi) is 7.70. The highest BCUT2D eigenvalue weighted by Gasteiger charge is 2.15. The number of aryl methyl sites for hydroxylation is 3. The van der Waals surface area contributed by atoms with E-state index in [9.17, 15) is 17.6 Å². The third-order valence-corrected chi connectivity index (χ3v) is 4.06. The minimum Gasteiger partial charge on any atom is -0.491 e. The molecule has 0 aliphatic rings. The molecule has 0 N–H and O–H groups in total. The molecule has 2 aromatic carbocycles. The Labute approximate surface area is 151 Å². The molecule has 140 valence electrons. The Morgan fingerprint density at radius 3 is 2.31 bits per heavy atom. The third kappa shape index (κ3) is 5.35. The standard InChI is InChI=1S/C21H22F4O/c1-2-26-19-12-11-17(20(24)21(19)25)10-9-16-8-7-15(14-18(16)23)6-4-3-5-13-22/h3,5,7-8,11-12,14H,2,4,6,9-10,13H2,1H3/b5-3+. The fourth-order valence-electron chi connectivity index (χ4n) is 2.68. The second kappa shape index (κ2) is 10.00. The lowest BCUT2D eigenvalue weighted by atomic mass is 10.0. The topological polar surface area (TPSA) is 9.23 Å². The van der Waals surface area contributed by atoms with E-state index in [4.69, 9.17) is 4.74 Å². The monoisotopic (exact) mass is 366 g/mol. The predicted molar refractivity (Wildman–Crippen MR) is 94.8 cm³/mol. The summed E-state index contributed by atoms with van der Waals surface area (Å²) in [6.45, 7) is 1.43. The summed E-state index contributed by atoms with van der Waals surface area (Å²) in [6.07, 6.45) is 4.85. The SMILES string of the molecule is CCOc1ccc(CCc2ccc(CC/C=C/CF)cc2F)c(F)c1F. The molecule has 0 radical (unpaired) electrons. The van der Waals surface area contributed by atoms with E-state index in [-0.39, 0.29) is 36.6 Å². The zero-order valence-corrected chi connectivity index (χ0v) is 14.7. The van der Waals surface area contributed by atoms with Gasteiger partial charge in [-0.15, -0.1) is 0 Å². The van der Waals surface area contributed by atoms with Crippen LogP contribution in [-0.2, 0) is 19.3 Å². The molecule has 0 bridgehead atoms. The molecule has 0 saturated heterocycles. The molecule has 2 rings (SSSR count). The molecule has 0 saturated carbocycles. The second-order valence-electron chi connectivity index (χ2n) is 5.87. The van der Waals surface area contributed by atoms with Gasteiger partial charge in [0, 0.05) is 0 Å². The summed E-state index contributed by atoms with van der Waals surface area (Å²) < 4.78 is 59.1. The molecule has 0 aliphatic heterocycles. The molecule has 0 spiro atoms. The maximum atomic E-state index is 14.2. The molecule has 26 heavy (non-hydrogen) atoms. The molecule has 0 atom stereocenters. The number of allylic oxidation sites excluding steroid dienone is 2. The third-order valence-electron chi connectivity index (χ3n) is 4.06.